The van der Waals surface area contributed by atoms with E-state index in [0.717, 1.165) is 16.1 Å². The molecule has 1 heterocycles. The van der Waals surface area contributed by atoms with E-state index < -0.39 is 17.8 Å². The first-order chi connectivity index (χ1) is 9.75. The van der Waals surface area contributed by atoms with E-state index in [1.54, 1.807) is 11.9 Å². The van der Waals surface area contributed by atoms with Crippen molar-refractivity contribution in [1.82, 2.24) is 9.97 Å². The molecule has 0 aliphatic rings. The third-order valence-corrected chi connectivity index (χ3v) is 3.21. The molecule has 0 saturated heterocycles. The van der Waals surface area contributed by atoms with Crippen molar-refractivity contribution < 1.29 is 13.2 Å². The van der Waals surface area contributed by atoms with Crippen LogP contribution < -0.4 is 10.6 Å². The fourth-order valence-electron chi connectivity index (χ4n) is 1.78. The van der Waals surface area contributed by atoms with Gasteiger partial charge in [0.25, 0.3) is 0 Å². The number of nitrogen functional groups attached to an aromatic ring is 1. The van der Waals surface area contributed by atoms with Gasteiger partial charge in [0, 0.05) is 24.1 Å². The van der Waals surface area contributed by atoms with Gasteiger partial charge in [-0.05, 0) is 17.7 Å². The van der Waals surface area contributed by atoms with Crippen LogP contribution in [0.1, 0.15) is 11.3 Å². The largest absolute Gasteiger partial charge is 0.433 e. The lowest BCUT2D eigenvalue weighted by Crippen LogP contribution is -2.20. The quantitative estimate of drug-likeness (QED) is 0.910. The van der Waals surface area contributed by atoms with Crippen LogP contribution in [0.25, 0.3) is 0 Å². The molecule has 2 N–H and O–H groups in total. The van der Waals surface area contributed by atoms with Crippen LogP contribution >= 0.6 is 15.9 Å². The molecule has 0 amide bonds. The van der Waals surface area contributed by atoms with Gasteiger partial charge >= 0.3 is 6.18 Å². The second-order valence-electron chi connectivity index (χ2n) is 4.45. The molecule has 0 fully saturated rings. The fourth-order valence-corrected chi connectivity index (χ4v) is 2.23. The molecule has 0 bridgehead atoms. The van der Waals surface area contributed by atoms with Crippen LogP contribution in [0, 0.1) is 0 Å². The number of halogens is 4. The van der Waals surface area contributed by atoms with Crippen LogP contribution in [0.5, 0.6) is 0 Å². The van der Waals surface area contributed by atoms with Crippen LogP contribution in [0.4, 0.5) is 24.9 Å². The van der Waals surface area contributed by atoms with E-state index in [1.807, 2.05) is 24.3 Å². The third kappa shape index (κ3) is 4.07. The van der Waals surface area contributed by atoms with E-state index >= 15 is 0 Å². The molecule has 2 aromatic rings. The number of rotatable bonds is 3. The molecule has 0 aliphatic carbocycles. The van der Waals surface area contributed by atoms with Crippen molar-refractivity contribution in [1.29, 1.82) is 0 Å². The van der Waals surface area contributed by atoms with Gasteiger partial charge in [0.15, 0.2) is 5.69 Å². The Labute approximate surface area is 127 Å². The van der Waals surface area contributed by atoms with E-state index in [-0.39, 0.29) is 5.82 Å². The first kappa shape index (κ1) is 15.6. The van der Waals surface area contributed by atoms with Crippen molar-refractivity contribution in [3.8, 4) is 0 Å². The lowest BCUT2D eigenvalue weighted by atomic mass is 10.2. The summed E-state index contributed by atoms with van der Waals surface area (Å²) in [5.74, 6) is -0.282. The SMILES string of the molecule is CN(Cc1cccc(Br)c1)c1cc(C(F)(F)F)nc(N)n1. The van der Waals surface area contributed by atoms with Crippen molar-refractivity contribution in [3.63, 3.8) is 0 Å². The van der Waals surface area contributed by atoms with Crippen LogP contribution in [0.3, 0.4) is 0 Å². The topological polar surface area (TPSA) is 55.0 Å². The molecule has 1 aromatic carbocycles. The van der Waals surface area contributed by atoms with Gasteiger partial charge in [-0.3, -0.25) is 0 Å². The molecule has 0 unspecified atom stereocenters. The number of alkyl halides is 3. The molecule has 8 heteroatoms. The summed E-state index contributed by atoms with van der Waals surface area (Å²) < 4.78 is 39.1. The highest BCUT2D eigenvalue weighted by Gasteiger charge is 2.33. The van der Waals surface area contributed by atoms with Crippen molar-refractivity contribution in [3.05, 3.63) is 46.1 Å². The second kappa shape index (κ2) is 5.88. The van der Waals surface area contributed by atoms with Crippen LogP contribution in [0.15, 0.2) is 34.8 Å². The maximum absolute atomic E-state index is 12.7. The van der Waals surface area contributed by atoms with Gasteiger partial charge in [-0.15, -0.1) is 0 Å². The molecule has 0 aliphatic heterocycles. The van der Waals surface area contributed by atoms with Gasteiger partial charge in [-0.1, -0.05) is 28.1 Å². The summed E-state index contributed by atoms with van der Waals surface area (Å²) in [6, 6.07) is 8.35. The monoisotopic (exact) mass is 360 g/mol. The maximum atomic E-state index is 12.7. The standard InChI is InChI=1S/C13H12BrF3N4/c1-21(7-8-3-2-4-9(14)5-8)11-6-10(13(15,16)17)19-12(18)20-11/h2-6H,7H2,1H3,(H2,18,19,20). The average molecular weight is 361 g/mol. The molecule has 112 valence electrons. The second-order valence-corrected chi connectivity index (χ2v) is 5.37. The molecular formula is C13H12BrF3N4. The lowest BCUT2D eigenvalue weighted by Gasteiger charge is -2.19. The Kier molecular flexibility index (Phi) is 4.36. The highest BCUT2D eigenvalue weighted by Crippen LogP contribution is 2.30. The van der Waals surface area contributed by atoms with Crippen molar-refractivity contribution in [2.75, 3.05) is 17.7 Å². The average Bonchev–Trinajstić information content (AvgIpc) is 2.37. The fraction of sp³-hybridized carbons (Fsp3) is 0.231. The highest BCUT2D eigenvalue weighted by atomic mass is 79.9. The summed E-state index contributed by atoms with van der Waals surface area (Å²) in [4.78, 5) is 8.64. The Morgan fingerprint density at radius 3 is 2.57 bits per heavy atom. The van der Waals surface area contributed by atoms with Crippen LogP contribution in [-0.2, 0) is 12.7 Å². The van der Waals surface area contributed by atoms with E-state index in [0.29, 0.717) is 6.54 Å². The van der Waals surface area contributed by atoms with Crippen LogP contribution in [-0.4, -0.2) is 17.0 Å². The number of nitrogens with zero attached hydrogens (tertiary/aromatic N) is 3. The first-order valence-electron chi connectivity index (χ1n) is 5.93. The maximum Gasteiger partial charge on any atom is 0.433 e. The minimum atomic E-state index is -4.55. The van der Waals surface area contributed by atoms with Crippen molar-refractivity contribution in [2.45, 2.75) is 12.7 Å². The summed E-state index contributed by atoms with van der Waals surface area (Å²) in [7, 11) is 1.64. The molecule has 0 atom stereocenters. The molecule has 2 rings (SSSR count). The summed E-state index contributed by atoms with van der Waals surface area (Å²) in [5.41, 5.74) is 5.23. The normalized spacial score (nSPS) is 11.5. The predicted octanol–water partition coefficient (Wildman–Crippen LogP) is 3.48. The smallest absolute Gasteiger partial charge is 0.368 e. The van der Waals surface area contributed by atoms with Gasteiger partial charge in [-0.25, -0.2) is 4.98 Å². The van der Waals surface area contributed by atoms with E-state index in [9.17, 15) is 13.2 Å². The van der Waals surface area contributed by atoms with Gasteiger partial charge in [0.1, 0.15) is 5.82 Å². The molecule has 21 heavy (non-hydrogen) atoms. The minimum Gasteiger partial charge on any atom is -0.368 e. The van der Waals surface area contributed by atoms with E-state index in [1.165, 1.54) is 0 Å². The Balaban J connectivity index is 2.27. The zero-order chi connectivity index (χ0) is 15.6. The summed E-state index contributed by atoms with van der Waals surface area (Å²) >= 11 is 3.34. The molecule has 0 spiro atoms. The summed E-state index contributed by atoms with van der Waals surface area (Å²) in [6.45, 7) is 0.396. The Hall–Kier alpha value is -1.83. The molecule has 1 aromatic heterocycles. The zero-order valence-corrected chi connectivity index (χ0v) is 12.6. The summed E-state index contributed by atoms with van der Waals surface area (Å²) in [5, 5.41) is 0. The molecular weight excluding hydrogens is 349 g/mol. The molecule has 0 saturated carbocycles. The Bertz CT molecular complexity index is 646. The van der Waals surface area contributed by atoms with Crippen molar-refractivity contribution >= 4 is 27.7 Å². The number of benzene rings is 1. The molecule has 0 radical (unpaired) electrons. The number of hydrogen-bond acceptors (Lipinski definition) is 4. The molecule has 4 nitrogen and oxygen atoms in total. The number of anilines is 2. The summed E-state index contributed by atoms with van der Waals surface area (Å²) in [6.07, 6.45) is -4.55. The lowest BCUT2D eigenvalue weighted by molar-refractivity contribution is -0.141. The zero-order valence-electron chi connectivity index (χ0n) is 11.0. The third-order valence-electron chi connectivity index (χ3n) is 2.72. The number of nitrogens with two attached hydrogens (primary N) is 1. The van der Waals surface area contributed by atoms with Gasteiger partial charge in [0.05, 0.1) is 0 Å². The van der Waals surface area contributed by atoms with Crippen molar-refractivity contribution in [2.24, 2.45) is 0 Å². The van der Waals surface area contributed by atoms with Crippen LogP contribution in [0.2, 0.25) is 0 Å². The van der Waals surface area contributed by atoms with Gasteiger partial charge in [-0.2, -0.15) is 18.2 Å². The van der Waals surface area contributed by atoms with E-state index in [4.69, 9.17) is 5.73 Å². The van der Waals surface area contributed by atoms with Gasteiger partial charge in [0.2, 0.25) is 5.95 Å². The Morgan fingerprint density at radius 1 is 1.24 bits per heavy atom. The van der Waals surface area contributed by atoms with E-state index in [2.05, 4.69) is 25.9 Å². The predicted molar refractivity (Wildman–Crippen MR) is 77.7 cm³/mol. The first-order valence-corrected chi connectivity index (χ1v) is 6.72. The number of aromatic nitrogens is 2. The Morgan fingerprint density at radius 2 is 1.95 bits per heavy atom. The van der Waals surface area contributed by atoms with Gasteiger partial charge < -0.3 is 10.6 Å². The highest BCUT2D eigenvalue weighted by molar-refractivity contribution is 9.10. The number of hydrogen-bond donors (Lipinski definition) is 1. The minimum absolute atomic E-state index is 0.120.